The number of nitrogens with zero attached hydrogens (tertiary/aromatic N) is 4. The third-order valence-corrected chi connectivity index (χ3v) is 7.51. The quantitative estimate of drug-likeness (QED) is 0.241. The molecule has 0 bridgehead atoms. The molecule has 1 aliphatic rings. The number of benzene rings is 2. The monoisotopic (exact) mass is 610 g/mol. The Kier molecular flexibility index (Phi) is 8.90. The number of rotatable bonds is 6. The number of aromatic hydroxyl groups is 1. The lowest BCUT2D eigenvalue weighted by molar-refractivity contribution is -0.148. The van der Waals surface area contributed by atoms with Crippen LogP contribution in [0.2, 0.25) is 0 Å². The smallest absolute Gasteiger partial charge is 0.405 e. The number of thiophene rings is 1. The van der Waals surface area contributed by atoms with Crippen LogP contribution in [0.25, 0.3) is 11.3 Å². The summed E-state index contributed by atoms with van der Waals surface area (Å²) < 4.78 is 7.05. The molecule has 2 atom stereocenters. The number of aryl methyl sites for hydroxylation is 1. The van der Waals surface area contributed by atoms with Crippen molar-refractivity contribution in [3.8, 4) is 34.9 Å². The average Bonchev–Trinajstić information content (AvgIpc) is 3.69. The van der Waals surface area contributed by atoms with Gasteiger partial charge in [-0.2, -0.15) is 21.7 Å². The van der Waals surface area contributed by atoms with E-state index in [4.69, 9.17) is 4.74 Å². The van der Waals surface area contributed by atoms with E-state index in [2.05, 4.69) is 33.6 Å². The molecular weight excluding hydrogens is 584 g/mol. The van der Waals surface area contributed by atoms with Gasteiger partial charge in [0.1, 0.15) is 23.5 Å². The van der Waals surface area contributed by atoms with Crippen LogP contribution in [-0.4, -0.2) is 68.6 Å². The van der Waals surface area contributed by atoms with Crippen molar-refractivity contribution in [3.05, 3.63) is 87.7 Å². The summed E-state index contributed by atoms with van der Waals surface area (Å²) in [6.07, 6.45) is 0.363. The van der Waals surface area contributed by atoms with E-state index in [9.17, 15) is 29.9 Å². The molecule has 3 heterocycles. The zero-order valence-corrected chi connectivity index (χ0v) is 24.2. The zero-order chi connectivity index (χ0) is 31.2. The van der Waals surface area contributed by atoms with Crippen LogP contribution in [0.3, 0.4) is 0 Å². The maximum absolute atomic E-state index is 13.4. The van der Waals surface area contributed by atoms with Crippen LogP contribution in [0.1, 0.15) is 28.3 Å². The highest BCUT2D eigenvalue weighted by molar-refractivity contribution is 7.08. The molecule has 2 aromatic carbocycles. The molecule has 5 rings (SSSR count). The molecule has 222 valence electrons. The van der Waals surface area contributed by atoms with E-state index in [0.29, 0.717) is 39.2 Å². The molecule has 1 saturated heterocycles. The molecule has 44 heavy (non-hydrogen) atoms. The standard InChI is InChI=1S/C31H26N6O6S/c1-36-16-21(27(35-36)24-14-20(15-32)5-9-26(24)38)6-2-19-3-7-23(8-4-19)33-29(39)25-17-43-12-11-37(25)30(40)28(34-31(41)42)22-10-13-44-18-22/h3-5,7-10,13-14,16,18,25,28,34,38H,11-12,17H2,1H3,(H,33,39)(H,41,42)/t25-,28+/m0/s1. The van der Waals surface area contributed by atoms with Crippen LogP contribution in [0.4, 0.5) is 10.5 Å². The first kappa shape index (κ1) is 29.8. The van der Waals surface area contributed by atoms with E-state index in [1.807, 2.05) is 0 Å². The molecule has 1 aliphatic heterocycles. The minimum absolute atomic E-state index is 0.0189. The number of nitrogens with one attached hydrogen (secondary N) is 2. The Labute approximate surface area is 256 Å². The van der Waals surface area contributed by atoms with Crippen molar-refractivity contribution in [2.45, 2.75) is 12.1 Å². The molecule has 0 spiro atoms. The Bertz CT molecular complexity index is 1800. The van der Waals surface area contributed by atoms with Crippen molar-refractivity contribution in [1.82, 2.24) is 20.0 Å². The molecule has 0 radical (unpaired) electrons. The highest BCUT2D eigenvalue weighted by Gasteiger charge is 2.37. The van der Waals surface area contributed by atoms with E-state index in [1.54, 1.807) is 65.1 Å². The predicted molar refractivity (Wildman–Crippen MR) is 161 cm³/mol. The number of aromatic nitrogens is 2. The molecule has 13 heteroatoms. The second-order valence-corrected chi connectivity index (χ2v) is 10.6. The number of hydrogen-bond acceptors (Lipinski definition) is 8. The van der Waals surface area contributed by atoms with Gasteiger partial charge in [0, 0.05) is 36.6 Å². The molecule has 3 amide bonds. The second kappa shape index (κ2) is 13.1. The Morgan fingerprint density at radius 1 is 1.14 bits per heavy atom. The first-order chi connectivity index (χ1) is 21.2. The Hall–Kier alpha value is -5.63. The summed E-state index contributed by atoms with van der Waals surface area (Å²) in [5.74, 6) is 5.07. The number of amides is 3. The third-order valence-electron chi connectivity index (χ3n) is 6.81. The molecule has 4 N–H and O–H groups in total. The molecular formula is C31H26N6O6S. The maximum atomic E-state index is 13.4. The van der Waals surface area contributed by atoms with Crippen molar-refractivity contribution < 1.29 is 29.3 Å². The first-order valence-corrected chi connectivity index (χ1v) is 14.3. The van der Waals surface area contributed by atoms with Gasteiger partial charge in [-0.1, -0.05) is 11.8 Å². The fourth-order valence-electron chi connectivity index (χ4n) is 4.68. The molecule has 4 aromatic rings. The van der Waals surface area contributed by atoms with E-state index in [0.717, 1.165) is 0 Å². The van der Waals surface area contributed by atoms with Gasteiger partial charge in [0.05, 0.1) is 30.4 Å². The van der Waals surface area contributed by atoms with Gasteiger partial charge in [-0.3, -0.25) is 14.3 Å². The van der Waals surface area contributed by atoms with E-state index in [-0.39, 0.29) is 25.5 Å². The molecule has 12 nitrogen and oxygen atoms in total. The van der Waals surface area contributed by atoms with Gasteiger partial charge in [0.25, 0.3) is 5.91 Å². The number of carbonyl (C=O) groups excluding carboxylic acids is 2. The summed E-state index contributed by atoms with van der Waals surface area (Å²) in [5.41, 5.74) is 3.37. The normalized spacial score (nSPS) is 14.9. The summed E-state index contributed by atoms with van der Waals surface area (Å²) in [6.45, 7) is 0.307. The number of carbonyl (C=O) groups is 3. The van der Waals surface area contributed by atoms with Gasteiger partial charge < -0.3 is 30.5 Å². The molecule has 2 aromatic heterocycles. The number of carboxylic acid groups (broad SMARTS) is 1. The third kappa shape index (κ3) is 6.71. The van der Waals surface area contributed by atoms with E-state index >= 15 is 0 Å². The van der Waals surface area contributed by atoms with Gasteiger partial charge >= 0.3 is 6.09 Å². The van der Waals surface area contributed by atoms with Crippen LogP contribution in [0.5, 0.6) is 5.75 Å². The minimum atomic E-state index is -1.35. The lowest BCUT2D eigenvalue weighted by atomic mass is 10.0. The van der Waals surface area contributed by atoms with Crippen molar-refractivity contribution >= 4 is 34.9 Å². The summed E-state index contributed by atoms with van der Waals surface area (Å²) in [5, 5.41) is 41.8. The summed E-state index contributed by atoms with van der Waals surface area (Å²) in [6, 6.07) is 12.9. The fraction of sp³-hybridized carbons (Fsp3) is 0.194. The van der Waals surface area contributed by atoms with Gasteiger partial charge in [-0.25, -0.2) is 4.79 Å². The second-order valence-electron chi connectivity index (χ2n) is 9.79. The number of morpholine rings is 1. The van der Waals surface area contributed by atoms with E-state index in [1.165, 1.54) is 28.4 Å². The summed E-state index contributed by atoms with van der Waals surface area (Å²) >= 11 is 1.33. The predicted octanol–water partition coefficient (Wildman–Crippen LogP) is 3.30. The molecule has 1 fully saturated rings. The number of ether oxygens (including phenoxy) is 1. The van der Waals surface area contributed by atoms with Crippen LogP contribution < -0.4 is 10.6 Å². The zero-order valence-electron chi connectivity index (χ0n) is 23.4. The van der Waals surface area contributed by atoms with Crippen molar-refractivity contribution in [1.29, 1.82) is 5.26 Å². The van der Waals surface area contributed by atoms with Crippen molar-refractivity contribution in [3.63, 3.8) is 0 Å². The topological polar surface area (TPSA) is 170 Å². The summed E-state index contributed by atoms with van der Waals surface area (Å²) in [7, 11) is 1.73. The fourth-order valence-corrected chi connectivity index (χ4v) is 5.36. The van der Waals surface area contributed by atoms with Gasteiger partial charge in [-0.15, -0.1) is 0 Å². The van der Waals surface area contributed by atoms with Gasteiger partial charge in [-0.05, 0) is 64.9 Å². The largest absolute Gasteiger partial charge is 0.507 e. The number of phenols is 1. The Morgan fingerprint density at radius 2 is 1.91 bits per heavy atom. The summed E-state index contributed by atoms with van der Waals surface area (Å²) in [4.78, 5) is 39.4. The molecule has 0 aliphatic carbocycles. The lowest BCUT2D eigenvalue weighted by Crippen LogP contribution is -2.57. The van der Waals surface area contributed by atoms with Crippen LogP contribution in [0, 0.1) is 23.2 Å². The van der Waals surface area contributed by atoms with Crippen LogP contribution in [-0.2, 0) is 21.4 Å². The van der Waals surface area contributed by atoms with Gasteiger partial charge in [0.15, 0.2) is 0 Å². The highest BCUT2D eigenvalue weighted by Crippen LogP contribution is 2.31. The first-order valence-electron chi connectivity index (χ1n) is 13.3. The molecule has 0 unspecified atom stereocenters. The average molecular weight is 611 g/mol. The number of anilines is 1. The number of nitriles is 1. The Morgan fingerprint density at radius 3 is 2.61 bits per heavy atom. The van der Waals surface area contributed by atoms with Crippen LogP contribution >= 0.6 is 11.3 Å². The van der Waals surface area contributed by atoms with Crippen molar-refractivity contribution in [2.75, 3.05) is 25.1 Å². The Balaban J connectivity index is 1.30. The minimum Gasteiger partial charge on any atom is -0.507 e. The number of hydrogen-bond donors (Lipinski definition) is 4. The van der Waals surface area contributed by atoms with Crippen LogP contribution in [0.15, 0.2) is 65.5 Å². The van der Waals surface area contributed by atoms with Crippen molar-refractivity contribution in [2.24, 2.45) is 7.05 Å². The van der Waals surface area contributed by atoms with E-state index < -0.39 is 30.0 Å². The SMILES string of the molecule is Cn1cc(C#Cc2ccc(NC(=O)[C@@H]3COCCN3C(=O)[C@H](NC(=O)O)c3ccsc3)cc2)c(-c2cc(C#N)ccc2O)n1. The molecule has 0 saturated carbocycles. The number of phenolic OH excluding ortho intramolecular Hbond substituents is 1. The lowest BCUT2D eigenvalue weighted by Gasteiger charge is -2.36. The highest BCUT2D eigenvalue weighted by atomic mass is 32.1. The van der Waals surface area contributed by atoms with Gasteiger partial charge in [0.2, 0.25) is 5.91 Å². The maximum Gasteiger partial charge on any atom is 0.405 e.